The highest BCUT2D eigenvalue weighted by Gasteiger charge is 2.52. The Kier molecular flexibility index (Phi) is 4.56. The minimum atomic E-state index is 0.0659. The molecular weight excluding hydrogens is 356 g/mol. The number of aromatic nitrogens is 1. The third-order valence-corrected chi connectivity index (χ3v) is 6.86. The van der Waals surface area contributed by atoms with Gasteiger partial charge in [-0.25, -0.2) is 0 Å². The van der Waals surface area contributed by atoms with Crippen molar-refractivity contribution in [1.29, 1.82) is 5.26 Å². The second-order valence-corrected chi connectivity index (χ2v) is 8.37. The zero-order valence-corrected chi connectivity index (χ0v) is 16.4. The first-order valence-electron chi connectivity index (χ1n) is 10.4. The molecule has 0 amide bonds. The predicted octanol–water partition coefficient (Wildman–Crippen LogP) is 5.64. The molecule has 144 valence electrons. The lowest BCUT2D eigenvalue weighted by molar-refractivity contribution is 0.299. The molecule has 0 spiro atoms. The molecule has 0 radical (unpaired) electrons. The lowest BCUT2D eigenvalue weighted by Crippen LogP contribution is -2.34. The van der Waals surface area contributed by atoms with Crippen LogP contribution < -0.4 is 4.74 Å². The van der Waals surface area contributed by atoms with E-state index in [1.165, 1.54) is 36.8 Å². The van der Waals surface area contributed by atoms with Gasteiger partial charge in [-0.3, -0.25) is 4.98 Å². The van der Waals surface area contributed by atoms with E-state index in [0.29, 0.717) is 12.5 Å². The summed E-state index contributed by atoms with van der Waals surface area (Å²) in [5, 5.41) is 9.18. The Balaban J connectivity index is 1.43. The molecule has 1 aromatic heterocycles. The maximum absolute atomic E-state index is 9.18. The van der Waals surface area contributed by atoms with Crippen LogP contribution in [0.25, 0.3) is 0 Å². The molecule has 2 saturated carbocycles. The molecule has 1 heterocycles. The number of nitrogens with zero attached hydrogens (tertiary/aromatic N) is 2. The van der Waals surface area contributed by atoms with Crippen molar-refractivity contribution in [3.63, 3.8) is 0 Å². The molecule has 3 aromatic rings. The summed E-state index contributed by atoms with van der Waals surface area (Å²) in [7, 11) is 0. The summed E-state index contributed by atoms with van der Waals surface area (Å²) >= 11 is 0. The molecule has 3 atom stereocenters. The number of nitriles is 1. The van der Waals surface area contributed by atoms with Gasteiger partial charge >= 0.3 is 0 Å². The van der Waals surface area contributed by atoms with Crippen molar-refractivity contribution in [3.8, 4) is 11.8 Å². The summed E-state index contributed by atoms with van der Waals surface area (Å²) in [6, 6.07) is 25.1. The molecule has 2 aliphatic rings. The van der Waals surface area contributed by atoms with E-state index in [4.69, 9.17) is 4.74 Å². The lowest BCUT2D eigenvalue weighted by atomic mass is 9.64. The fraction of sp³-hybridized carbons (Fsp3) is 0.308. The standard InChI is InChI=1S/C26H24N2O/c27-17-19-4-7-21(8-5-19)26(16-20-6-9-23(26)15-20)22-10-12-25(13-11-22)29-18-24-3-1-2-14-28-24/h1-5,7-8,10-14,20,23H,6,9,15-16,18H2. The number of ether oxygens (including phenoxy) is 1. The summed E-state index contributed by atoms with van der Waals surface area (Å²) in [6.07, 6.45) is 6.96. The molecule has 2 aromatic carbocycles. The van der Waals surface area contributed by atoms with Gasteiger partial charge in [-0.15, -0.1) is 0 Å². The Labute approximate surface area is 172 Å². The van der Waals surface area contributed by atoms with Crippen LogP contribution in [0.3, 0.4) is 0 Å². The zero-order valence-electron chi connectivity index (χ0n) is 16.4. The van der Waals surface area contributed by atoms with E-state index in [-0.39, 0.29) is 5.41 Å². The molecule has 29 heavy (non-hydrogen) atoms. The maximum Gasteiger partial charge on any atom is 0.130 e. The summed E-state index contributed by atoms with van der Waals surface area (Å²) in [5.74, 6) is 2.37. The van der Waals surface area contributed by atoms with Crippen molar-refractivity contribution in [2.75, 3.05) is 0 Å². The topological polar surface area (TPSA) is 45.9 Å². The van der Waals surface area contributed by atoms with Gasteiger partial charge in [0.05, 0.1) is 17.3 Å². The van der Waals surface area contributed by atoms with Crippen molar-refractivity contribution in [2.45, 2.75) is 37.7 Å². The number of pyridine rings is 1. The van der Waals surface area contributed by atoms with Gasteiger partial charge in [-0.05, 0) is 78.6 Å². The Morgan fingerprint density at radius 1 is 0.966 bits per heavy atom. The van der Waals surface area contributed by atoms with Crippen molar-refractivity contribution in [3.05, 3.63) is 95.3 Å². The Morgan fingerprint density at radius 3 is 2.31 bits per heavy atom. The van der Waals surface area contributed by atoms with Gasteiger partial charge in [-0.2, -0.15) is 5.26 Å². The normalized spacial score (nSPS) is 24.9. The third kappa shape index (κ3) is 3.19. The minimum absolute atomic E-state index is 0.0659. The van der Waals surface area contributed by atoms with E-state index >= 15 is 0 Å². The highest BCUT2D eigenvalue weighted by Crippen LogP contribution is 2.60. The predicted molar refractivity (Wildman–Crippen MR) is 112 cm³/mol. The monoisotopic (exact) mass is 380 g/mol. The van der Waals surface area contributed by atoms with Crippen LogP contribution in [0.15, 0.2) is 72.9 Å². The minimum Gasteiger partial charge on any atom is -0.487 e. The average molecular weight is 380 g/mol. The zero-order chi connectivity index (χ0) is 19.7. The van der Waals surface area contributed by atoms with Crippen molar-refractivity contribution >= 4 is 0 Å². The first-order valence-corrected chi connectivity index (χ1v) is 10.4. The molecule has 2 bridgehead atoms. The molecule has 2 fully saturated rings. The summed E-state index contributed by atoms with van der Waals surface area (Å²) < 4.78 is 5.94. The highest BCUT2D eigenvalue weighted by atomic mass is 16.5. The smallest absolute Gasteiger partial charge is 0.130 e. The molecule has 0 saturated heterocycles. The third-order valence-electron chi connectivity index (χ3n) is 6.86. The SMILES string of the molecule is N#Cc1ccc(C2(c3ccc(OCc4ccccn4)cc3)CC3CCC2C3)cc1. The van der Waals surface area contributed by atoms with Gasteiger partial charge in [0.2, 0.25) is 0 Å². The molecular formula is C26H24N2O. The van der Waals surface area contributed by atoms with Gasteiger partial charge in [0.15, 0.2) is 0 Å². The number of rotatable bonds is 5. The highest BCUT2D eigenvalue weighted by molar-refractivity contribution is 5.46. The van der Waals surface area contributed by atoms with Crippen LogP contribution in [-0.2, 0) is 12.0 Å². The number of fused-ring (bicyclic) bond motifs is 2. The maximum atomic E-state index is 9.18. The molecule has 3 nitrogen and oxygen atoms in total. The molecule has 2 aliphatic carbocycles. The lowest BCUT2D eigenvalue weighted by Gasteiger charge is -2.39. The van der Waals surface area contributed by atoms with E-state index < -0.39 is 0 Å². The fourth-order valence-electron chi connectivity index (χ4n) is 5.54. The molecule has 5 rings (SSSR count). The number of hydrogen-bond acceptors (Lipinski definition) is 3. The quantitative estimate of drug-likeness (QED) is 0.575. The first-order chi connectivity index (χ1) is 14.3. The fourth-order valence-corrected chi connectivity index (χ4v) is 5.54. The van der Waals surface area contributed by atoms with E-state index in [0.717, 1.165) is 22.9 Å². The largest absolute Gasteiger partial charge is 0.487 e. The van der Waals surface area contributed by atoms with Crippen molar-refractivity contribution < 1.29 is 4.74 Å². The van der Waals surface area contributed by atoms with Crippen molar-refractivity contribution in [1.82, 2.24) is 4.98 Å². The molecule has 0 N–H and O–H groups in total. The van der Waals surface area contributed by atoms with Crippen LogP contribution in [0.1, 0.15) is 48.1 Å². The Bertz CT molecular complexity index is 1020. The van der Waals surface area contributed by atoms with Gasteiger partial charge in [0.1, 0.15) is 12.4 Å². The second kappa shape index (κ2) is 7.37. The Morgan fingerprint density at radius 2 is 1.72 bits per heavy atom. The van der Waals surface area contributed by atoms with Gasteiger partial charge in [0.25, 0.3) is 0 Å². The van der Waals surface area contributed by atoms with Crippen LogP contribution in [0, 0.1) is 23.2 Å². The van der Waals surface area contributed by atoms with Crippen LogP contribution in [0.5, 0.6) is 5.75 Å². The molecule has 3 unspecified atom stereocenters. The summed E-state index contributed by atoms with van der Waals surface area (Å²) in [4.78, 5) is 4.32. The summed E-state index contributed by atoms with van der Waals surface area (Å²) in [5.41, 5.74) is 4.45. The Hall–Kier alpha value is -3.12. The summed E-state index contributed by atoms with van der Waals surface area (Å²) in [6.45, 7) is 0.478. The van der Waals surface area contributed by atoms with Crippen LogP contribution >= 0.6 is 0 Å². The van der Waals surface area contributed by atoms with Gasteiger partial charge in [0, 0.05) is 11.6 Å². The number of hydrogen-bond donors (Lipinski definition) is 0. The van der Waals surface area contributed by atoms with Crippen molar-refractivity contribution in [2.24, 2.45) is 11.8 Å². The molecule has 3 heteroatoms. The van der Waals surface area contributed by atoms with Crippen LogP contribution in [-0.4, -0.2) is 4.98 Å². The van der Waals surface area contributed by atoms with Gasteiger partial charge in [-0.1, -0.05) is 36.8 Å². The van der Waals surface area contributed by atoms with E-state index in [1.54, 1.807) is 6.20 Å². The van der Waals surface area contributed by atoms with E-state index in [2.05, 4.69) is 47.5 Å². The van der Waals surface area contributed by atoms with Crippen LogP contribution in [0.2, 0.25) is 0 Å². The average Bonchev–Trinajstić information content (AvgIpc) is 3.41. The van der Waals surface area contributed by atoms with E-state index in [1.807, 2.05) is 30.3 Å². The van der Waals surface area contributed by atoms with E-state index in [9.17, 15) is 5.26 Å². The van der Waals surface area contributed by atoms with Crippen LogP contribution in [0.4, 0.5) is 0 Å². The van der Waals surface area contributed by atoms with Gasteiger partial charge < -0.3 is 4.74 Å². The second-order valence-electron chi connectivity index (χ2n) is 8.37. The number of benzene rings is 2. The first kappa shape index (κ1) is 17.9. The molecule has 0 aliphatic heterocycles.